The van der Waals surface area contributed by atoms with Crippen LogP contribution in [0.25, 0.3) is 44.0 Å². The zero-order chi connectivity index (χ0) is 42.0. The lowest BCUT2D eigenvalue weighted by Crippen LogP contribution is -2.63. The first kappa shape index (κ1) is 36.1. The third-order valence-corrected chi connectivity index (χ3v) is 14.0. The van der Waals surface area contributed by atoms with Crippen molar-refractivity contribution in [2.45, 2.75) is 31.6 Å². The Hall–Kier alpha value is -7.56. The number of para-hydroxylation sites is 3. The summed E-state index contributed by atoms with van der Waals surface area (Å²) in [6.45, 7) is 6.69. The van der Waals surface area contributed by atoms with Crippen molar-refractivity contribution in [1.82, 2.24) is 0 Å². The van der Waals surface area contributed by atoms with Crippen LogP contribution in [0.15, 0.2) is 211 Å². The van der Waals surface area contributed by atoms with Gasteiger partial charge in [-0.05, 0) is 85.5 Å². The summed E-state index contributed by atoms with van der Waals surface area (Å²) in [5.74, 6) is 0.859. The third-order valence-electron chi connectivity index (χ3n) is 14.0. The first-order valence-corrected chi connectivity index (χ1v) is 22.1. The third kappa shape index (κ3) is 4.92. The zero-order valence-corrected chi connectivity index (χ0v) is 35.5. The van der Waals surface area contributed by atoms with Crippen LogP contribution in [0.5, 0.6) is 0 Å². The zero-order valence-electron chi connectivity index (χ0n) is 35.5. The number of rotatable bonds is 4. The minimum absolute atomic E-state index is 0.0457. The van der Waals surface area contributed by atoms with Crippen LogP contribution >= 0.6 is 0 Å². The van der Waals surface area contributed by atoms with Crippen molar-refractivity contribution in [3.05, 3.63) is 234 Å². The predicted molar refractivity (Wildman–Crippen MR) is 263 cm³/mol. The molecule has 0 saturated carbocycles. The van der Waals surface area contributed by atoms with Crippen LogP contribution in [-0.4, -0.2) is 6.85 Å². The normalized spacial score (nSPS) is 14.3. The molecule has 298 valence electrons. The molecule has 0 unspecified atom stereocenters. The Balaban J connectivity index is 1.21. The molecular formula is C59H43BN2O. The number of hydrogen-bond donors (Lipinski definition) is 0. The number of hydrogen-bond acceptors (Lipinski definition) is 3. The maximum absolute atomic E-state index is 7.34. The molecule has 1 aromatic heterocycles. The molecule has 63 heavy (non-hydrogen) atoms. The second-order valence-electron chi connectivity index (χ2n) is 18.4. The van der Waals surface area contributed by atoms with Crippen LogP contribution in [0.4, 0.5) is 28.6 Å². The molecule has 0 radical (unpaired) electrons. The standard InChI is InChI=1S/C59H43BN2O/c1-58(2,3)42-34-35-50(46(37-42)38-20-7-4-8-21-38)61-56-43-27-14-13-22-39(43)36-47-44-29-19-31-49-55(44)62(60(53(47)56)54-45-28-15-18-33-52(45)63-57(54)61)51-32-17-16-30-48(51)59(49,40-23-9-5-10-24-40)41-25-11-6-12-26-41/h4-37H,1-3H3. The Kier molecular flexibility index (Phi) is 7.58. The molecule has 4 heterocycles. The first-order valence-electron chi connectivity index (χ1n) is 22.1. The second kappa shape index (κ2) is 13.2. The Morgan fingerprint density at radius 2 is 1.11 bits per heavy atom. The second-order valence-corrected chi connectivity index (χ2v) is 18.4. The van der Waals surface area contributed by atoms with E-state index in [0.717, 1.165) is 28.2 Å². The van der Waals surface area contributed by atoms with Crippen LogP contribution < -0.4 is 20.6 Å². The van der Waals surface area contributed by atoms with Crippen molar-refractivity contribution in [3.63, 3.8) is 0 Å². The lowest BCUT2D eigenvalue weighted by Gasteiger charge is -2.52. The Morgan fingerprint density at radius 3 is 1.86 bits per heavy atom. The number of furan rings is 1. The van der Waals surface area contributed by atoms with E-state index in [-0.39, 0.29) is 12.3 Å². The van der Waals surface area contributed by atoms with E-state index in [0.29, 0.717) is 0 Å². The highest BCUT2D eigenvalue weighted by Gasteiger charge is 2.55. The molecule has 0 amide bonds. The number of anilines is 5. The molecule has 3 aliphatic rings. The Morgan fingerprint density at radius 1 is 0.476 bits per heavy atom. The van der Waals surface area contributed by atoms with Crippen molar-refractivity contribution in [3.8, 4) is 22.3 Å². The average Bonchev–Trinajstić information content (AvgIpc) is 3.72. The van der Waals surface area contributed by atoms with E-state index in [9.17, 15) is 0 Å². The highest BCUT2D eigenvalue weighted by Crippen LogP contribution is 2.61. The van der Waals surface area contributed by atoms with Crippen LogP contribution in [0.1, 0.15) is 48.6 Å². The quantitative estimate of drug-likeness (QED) is 0.165. The van der Waals surface area contributed by atoms with Gasteiger partial charge in [-0.25, -0.2) is 0 Å². The summed E-state index contributed by atoms with van der Waals surface area (Å²) in [4.78, 5) is 5.16. The van der Waals surface area contributed by atoms with Gasteiger partial charge < -0.3 is 9.23 Å². The summed E-state index contributed by atoms with van der Waals surface area (Å²) < 4.78 is 7.34. The molecule has 3 aliphatic heterocycles. The van der Waals surface area contributed by atoms with Gasteiger partial charge in [0.15, 0.2) is 0 Å². The van der Waals surface area contributed by atoms with Gasteiger partial charge in [0, 0.05) is 38.7 Å². The van der Waals surface area contributed by atoms with Crippen LogP contribution in [0.2, 0.25) is 0 Å². The fourth-order valence-electron chi connectivity index (χ4n) is 11.4. The van der Waals surface area contributed by atoms with E-state index >= 15 is 0 Å². The number of fused-ring (bicyclic) bond motifs is 10. The van der Waals surface area contributed by atoms with Crippen molar-refractivity contribution in [2.24, 2.45) is 0 Å². The molecule has 0 saturated heterocycles. The molecule has 3 nitrogen and oxygen atoms in total. The molecule has 0 aliphatic carbocycles. The van der Waals surface area contributed by atoms with Gasteiger partial charge in [0.25, 0.3) is 0 Å². The van der Waals surface area contributed by atoms with E-state index < -0.39 is 5.41 Å². The summed E-state index contributed by atoms with van der Waals surface area (Å²) in [6, 6.07) is 76.5. The Labute approximate surface area is 368 Å². The summed E-state index contributed by atoms with van der Waals surface area (Å²) >= 11 is 0. The van der Waals surface area contributed by atoms with Crippen LogP contribution in [-0.2, 0) is 10.8 Å². The van der Waals surface area contributed by atoms with Crippen molar-refractivity contribution in [2.75, 3.05) is 9.71 Å². The summed E-state index contributed by atoms with van der Waals surface area (Å²) in [5.41, 5.74) is 18.6. The van der Waals surface area contributed by atoms with E-state index in [1.165, 1.54) is 83.1 Å². The fraction of sp³-hybridized carbons (Fsp3) is 0.0847. The molecule has 0 N–H and O–H groups in total. The van der Waals surface area contributed by atoms with Gasteiger partial charge in [-0.1, -0.05) is 197 Å². The van der Waals surface area contributed by atoms with Gasteiger partial charge in [-0.15, -0.1) is 0 Å². The van der Waals surface area contributed by atoms with Crippen molar-refractivity contribution in [1.29, 1.82) is 0 Å². The van der Waals surface area contributed by atoms with Crippen LogP contribution in [0, 0.1) is 0 Å². The molecule has 4 heteroatoms. The summed E-state index contributed by atoms with van der Waals surface area (Å²) in [5, 5.41) is 3.52. The first-order chi connectivity index (χ1) is 30.9. The SMILES string of the molecule is CC(C)(C)c1ccc(N2c3oc4ccccc4c3B3c4c(cc5ccccc5c42)-c2cccc4c2N3c2ccccc2C4(c2ccccc2)c2ccccc2)c(-c2ccccc2)c1. The van der Waals surface area contributed by atoms with Gasteiger partial charge >= 0.3 is 6.85 Å². The van der Waals surface area contributed by atoms with Crippen molar-refractivity contribution < 1.29 is 4.42 Å². The summed E-state index contributed by atoms with van der Waals surface area (Å²) in [6.07, 6.45) is 0. The minimum atomic E-state index is -0.584. The van der Waals surface area contributed by atoms with E-state index in [1.54, 1.807) is 0 Å². The highest BCUT2D eigenvalue weighted by atomic mass is 16.4. The lowest BCUT2D eigenvalue weighted by molar-refractivity contribution is 0.590. The molecular weight excluding hydrogens is 763 g/mol. The van der Waals surface area contributed by atoms with Crippen LogP contribution in [0.3, 0.4) is 0 Å². The fourth-order valence-corrected chi connectivity index (χ4v) is 11.4. The van der Waals surface area contributed by atoms with E-state index in [2.05, 4.69) is 237 Å². The molecule has 0 spiro atoms. The Bertz CT molecular complexity index is 3420. The summed E-state index contributed by atoms with van der Waals surface area (Å²) in [7, 11) is 0. The van der Waals surface area contributed by atoms with E-state index in [1.807, 2.05) is 0 Å². The molecule has 0 atom stereocenters. The van der Waals surface area contributed by atoms with Gasteiger partial charge in [0.1, 0.15) is 5.58 Å². The highest BCUT2D eigenvalue weighted by molar-refractivity contribution is 6.95. The maximum Gasteiger partial charge on any atom is 0.337 e. The predicted octanol–water partition coefficient (Wildman–Crippen LogP) is 14.0. The van der Waals surface area contributed by atoms with Crippen molar-refractivity contribution >= 4 is 68.1 Å². The molecule has 10 aromatic rings. The molecule has 0 fully saturated rings. The molecule has 13 rings (SSSR count). The largest absolute Gasteiger partial charge is 0.440 e. The molecule has 0 bridgehead atoms. The molecule has 9 aromatic carbocycles. The minimum Gasteiger partial charge on any atom is -0.440 e. The van der Waals surface area contributed by atoms with Gasteiger partial charge in [-0.3, -0.25) is 4.90 Å². The van der Waals surface area contributed by atoms with Gasteiger partial charge in [0.2, 0.25) is 5.88 Å². The smallest absolute Gasteiger partial charge is 0.337 e. The maximum atomic E-state index is 7.34. The van der Waals surface area contributed by atoms with Gasteiger partial charge in [0.05, 0.1) is 16.8 Å². The lowest BCUT2D eigenvalue weighted by atomic mass is 9.42. The van der Waals surface area contributed by atoms with Gasteiger partial charge in [-0.2, -0.15) is 0 Å². The van der Waals surface area contributed by atoms with E-state index in [4.69, 9.17) is 4.42 Å². The topological polar surface area (TPSA) is 19.6 Å². The number of nitrogens with zero attached hydrogens (tertiary/aromatic N) is 2. The number of benzene rings is 9. The monoisotopic (exact) mass is 806 g/mol. The average molecular weight is 807 g/mol.